The molecule has 34 heavy (non-hydrogen) atoms. The fraction of sp³-hybridized carbons (Fsp3) is 0.440. The summed E-state index contributed by atoms with van der Waals surface area (Å²) in [6, 6.07) is 10.7. The van der Waals surface area contributed by atoms with Gasteiger partial charge in [0.1, 0.15) is 5.75 Å². The molecule has 4 rings (SSSR count). The van der Waals surface area contributed by atoms with Crippen molar-refractivity contribution in [2.45, 2.75) is 32.1 Å². The van der Waals surface area contributed by atoms with Gasteiger partial charge in [0, 0.05) is 26.2 Å². The minimum Gasteiger partial charge on any atom is -0.379 e. The molecule has 1 aromatic heterocycles. The first-order valence-electron chi connectivity index (χ1n) is 11.5. The summed E-state index contributed by atoms with van der Waals surface area (Å²) in [5, 5.41) is 0.551. The highest BCUT2D eigenvalue weighted by Gasteiger charge is 2.27. The Hall–Kier alpha value is -2.33. The molecule has 0 aliphatic carbocycles. The van der Waals surface area contributed by atoms with Gasteiger partial charge in [0.2, 0.25) is 5.91 Å². The zero-order valence-electron chi connectivity index (χ0n) is 19.9. The Balaban J connectivity index is 1.58. The lowest BCUT2D eigenvalue weighted by Crippen LogP contribution is -2.40. The molecule has 1 aliphatic rings. The number of sulfone groups is 1. The van der Waals surface area contributed by atoms with Gasteiger partial charge in [0.25, 0.3) is 0 Å². The van der Waals surface area contributed by atoms with E-state index in [4.69, 9.17) is 9.72 Å². The molecule has 1 saturated heterocycles. The zero-order valence-corrected chi connectivity index (χ0v) is 21.5. The van der Waals surface area contributed by atoms with E-state index in [1.165, 1.54) is 11.3 Å². The molecule has 2 heterocycles. The van der Waals surface area contributed by atoms with Gasteiger partial charge < -0.3 is 4.74 Å². The van der Waals surface area contributed by atoms with E-state index in [1.807, 2.05) is 26.8 Å². The molecule has 0 spiro atoms. The number of morpholine rings is 1. The van der Waals surface area contributed by atoms with Crippen LogP contribution in [-0.4, -0.2) is 69.4 Å². The number of hydrogen-bond acceptors (Lipinski definition) is 7. The minimum atomic E-state index is -3.76. The molecule has 0 saturated carbocycles. The van der Waals surface area contributed by atoms with Gasteiger partial charge in [-0.2, -0.15) is 0 Å². The van der Waals surface area contributed by atoms with Crippen molar-refractivity contribution in [3.63, 3.8) is 0 Å². The second-order valence-electron chi connectivity index (χ2n) is 8.85. The van der Waals surface area contributed by atoms with Gasteiger partial charge in [-0.25, -0.2) is 13.4 Å². The first-order chi connectivity index (χ1) is 16.2. The molecule has 0 bridgehead atoms. The zero-order chi connectivity index (χ0) is 24.3. The highest BCUT2D eigenvalue weighted by Crippen LogP contribution is 2.32. The third-order valence-electron chi connectivity index (χ3n) is 5.99. The van der Waals surface area contributed by atoms with Crippen molar-refractivity contribution in [1.29, 1.82) is 0 Å². The van der Waals surface area contributed by atoms with Gasteiger partial charge in [0.15, 0.2) is 15.0 Å². The monoisotopic (exact) mass is 501 g/mol. The smallest absolute Gasteiger partial charge is 0.244 e. The van der Waals surface area contributed by atoms with E-state index < -0.39 is 21.5 Å². The number of ether oxygens (including phenoxy) is 1. The van der Waals surface area contributed by atoms with Crippen LogP contribution in [0, 0.1) is 20.8 Å². The molecule has 1 aliphatic heterocycles. The maximum absolute atomic E-state index is 13.4. The summed E-state index contributed by atoms with van der Waals surface area (Å²) in [6.45, 7) is 10.4. The number of carbonyl (C=O) groups excluding carboxylic acids is 1. The van der Waals surface area contributed by atoms with Crippen LogP contribution in [0.2, 0.25) is 0 Å². The third kappa shape index (κ3) is 5.83. The molecule has 0 atom stereocenters. The summed E-state index contributed by atoms with van der Waals surface area (Å²) < 4.78 is 32.4. The Bertz CT molecular complexity index is 1260. The Kier molecular flexibility index (Phi) is 7.67. The maximum atomic E-state index is 13.4. The average molecular weight is 502 g/mol. The molecule has 2 aromatic carbocycles. The molecule has 3 aromatic rings. The molecule has 7 nitrogen and oxygen atoms in total. The van der Waals surface area contributed by atoms with Gasteiger partial charge in [0.05, 0.1) is 28.3 Å². The normalized spacial score (nSPS) is 15.0. The Labute approximate surface area is 205 Å². The number of anilines is 1. The molecule has 1 fully saturated rings. The second kappa shape index (κ2) is 10.5. The second-order valence-corrected chi connectivity index (χ2v) is 11.8. The average Bonchev–Trinajstić information content (AvgIpc) is 3.21. The summed E-state index contributed by atoms with van der Waals surface area (Å²) in [6.07, 6.45) is 0.726. The van der Waals surface area contributed by atoms with E-state index in [0.717, 1.165) is 53.0 Å². The summed E-state index contributed by atoms with van der Waals surface area (Å²) in [7, 11) is -3.76. The van der Waals surface area contributed by atoms with Crippen LogP contribution in [0.3, 0.4) is 0 Å². The lowest BCUT2D eigenvalue weighted by Gasteiger charge is -2.27. The van der Waals surface area contributed by atoms with E-state index in [9.17, 15) is 13.2 Å². The van der Waals surface area contributed by atoms with Crippen LogP contribution >= 0.6 is 11.3 Å². The van der Waals surface area contributed by atoms with Crippen LogP contribution < -0.4 is 4.90 Å². The fourth-order valence-electron chi connectivity index (χ4n) is 4.15. The van der Waals surface area contributed by atoms with Gasteiger partial charge in [-0.1, -0.05) is 35.1 Å². The molecule has 0 N–H and O–H groups in total. The highest BCUT2D eigenvalue weighted by molar-refractivity contribution is 7.92. The topological polar surface area (TPSA) is 79.8 Å². The molecular formula is C25H31N3O4S2. The number of benzene rings is 2. The SMILES string of the molecule is Cc1ccc(S(=O)(=O)CC(=O)N(CCCN2CCOCC2)c2nc3cc(C)cc(C)c3s2)cc1. The number of aromatic nitrogens is 1. The van der Waals surface area contributed by atoms with Crippen molar-refractivity contribution in [3.05, 3.63) is 53.1 Å². The number of thiazole rings is 1. The number of fused-ring (bicyclic) bond motifs is 1. The lowest BCUT2D eigenvalue weighted by atomic mass is 10.1. The number of carbonyl (C=O) groups is 1. The van der Waals surface area contributed by atoms with Crippen LogP contribution in [0.5, 0.6) is 0 Å². The van der Waals surface area contributed by atoms with Crippen molar-refractivity contribution in [3.8, 4) is 0 Å². The van der Waals surface area contributed by atoms with E-state index in [2.05, 4.69) is 11.0 Å². The Morgan fingerprint density at radius 2 is 1.79 bits per heavy atom. The summed E-state index contributed by atoms with van der Waals surface area (Å²) >= 11 is 1.44. The third-order valence-corrected chi connectivity index (χ3v) is 8.84. The Morgan fingerprint density at radius 1 is 1.09 bits per heavy atom. The standard InChI is InChI=1S/C25H31N3O4S2/c1-18-5-7-21(8-6-18)34(30,31)17-23(29)28(10-4-9-27-11-13-32-14-12-27)25-26-22-16-19(2)15-20(3)24(22)33-25/h5-8,15-16H,4,9-14,17H2,1-3H3. The molecule has 1 amide bonds. The number of amides is 1. The van der Waals surface area contributed by atoms with E-state index in [0.29, 0.717) is 24.9 Å². The van der Waals surface area contributed by atoms with Gasteiger partial charge in [-0.05, 0) is 56.5 Å². The molecule has 9 heteroatoms. The van der Waals surface area contributed by atoms with Gasteiger partial charge in [-0.15, -0.1) is 0 Å². The molecular weight excluding hydrogens is 470 g/mol. The van der Waals surface area contributed by atoms with E-state index >= 15 is 0 Å². The molecule has 0 radical (unpaired) electrons. The largest absolute Gasteiger partial charge is 0.379 e. The van der Waals surface area contributed by atoms with Crippen molar-refractivity contribution in [2.75, 3.05) is 50.0 Å². The van der Waals surface area contributed by atoms with Crippen molar-refractivity contribution in [1.82, 2.24) is 9.88 Å². The van der Waals surface area contributed by atoms with Gasteiger partial charge in [-0.3, -0.25) is 14.6 Å². The van der Waals surface area contributed by atoms with Crippen molar-refractivity contribution < 1.29 is 17.9 Å². The number of rotatable bonds is 8. The quantitative estimate of drug-likeness (QED) is 0.468. The Morgan fingerprint density at radius 3 is 2.50 bits per heavy atom. The maximum Gasteiger partial charge on any atom is 0.244 e. The summed E-state index contributed by atoms with van der Waals surface area (Å²) in [4.78, 5) is 22.2. The minimum absolute atomic E-state index is 0.162. The van der Waals surface area contributed by atoms with Crippen molar-refractivity contribution >= 4 is 42.4 Å². The highest BCUT2D eigenvalue weighted by atomic mass is 32.2. The molecule has 0 unspecified atom stereocenters. The predicted octanol–water partition coefficient (Wildman–Crippen LogP) is 3.75. The molecule has 182 valence electrons. The fourth-order valence-corrected chi connectivity index (χ4v) is 6.41. The van der Waals surface area contributed by atoms with Crippen LogP contribution in [0.15, 0.2) is 41.3 Å². The van der Waals surface area contributed by atoms with Gasteiger partial charge >= 0.3 is 0 Å². The van der Waals surface area contributed by atoms with E-state index in [-0.39, 0.29) is 4.90 Å². The van der Waals surface area contributed by atoms with Crippen LogP contribution in [0.1, 0.15) is 23.1 Å². The predicted molar refractivity (Wildman–Crippen MR) is 137 cm³/mol. The van der Waals surface area contributed by atoms with Crippen molar-refractivity contribution in [2.24, 2.45) is 0 Å². The first kappa shape index (κ1) is 24.8. The van der Waals surface area contributed by atoms with E-state index in [1.54, 1.807) is 29.2 Å². The number of aryl methyl sites for hydroxylation is 3. The first-order valence-corrected chi connectivity index (χ1v) is 14.0. The number of hydrogen-bond donors (Lipinski definition) is 0. The van der Waals surface area contributed by atoms with Crippen LogP contribution in [0.25, 0.3) is 10.2 Å². The lowest BCUT2D eigenvalue weighted by molar-refractivity contribution is -0.116. The van der Waals surface area contributed by atoms with Crippen LogP contribution in [-0.2, 0) is 19.4 Å². The summed E-state index contributed by atoms with van der Waals surface area (Å²) in [5.74, 6) is -1.03. The summed E-state index contributed by atoms with van der Waals surface area (Å²) in [5.41, 5.74) is 4.01. The van der Waals surface area contributed by atoms with Crippen LogP contribution in [0.4, 0.5) is 5.13 Å². The number of nitrogens with zero attached hydrogens (tertiary/aromatic N) is 3.